The standard InChI is InChI=1S/C28H31F2NO2/c1-31-12-10-28(11-13-31,25-6-4-3-5-7-25)20-33-19-22-14-21(18-29)15-24(16-22)23-8-9-27(32-2)26(30)17-23/h3-9,14-17H,10-13,18-20H2,1-2H3. The lowest BCUT2D eigenvalue weighted by molar-refractivity contribution is 0.0407. The molecule has 1 heterocycles. The van der Waals surface area contributed by atoms with Crippen molar-refractivity contribution in [1.82, 2.24) is 4.90 Å². The van der Waals surface area contributed by atoms with E-state index >= 15 is 0 Å². The van der Waals surface area contributed by atoms with Gasteiger partial charge in [-0.2, -0.15) is 0 Å². The van der Waals surface area contributed by atoms with E-state index in [0.29, 0.717) is 24.3 Å². The molecule has 0 aliphatic carbocycles. The highest BCUT2D eigenvalue weighted by atomic mass is 19.1. The van der Waals surface area contributed by atoms with Crippen molar-refractivity contribution in [3.63, 3.8) is 0 Å². The third kappa shape index (κ3) is 5.43. The molecule has 1 saturated heterocycles. The number of piperidine rings is 1. The number of rotatable bonds is 8. The molecule has 0 radical (unpaired) electrons. The number of nitrogens with zero attached hydrogens (tertiary/aromatic N) is 1. The number of likely N-dealkylation sites (tertiary alicyclic amines) is 1. The average Bonchev–Trinajstić information content (AvgIpc) is 2.85. The number of methoxy groups -OCH3 is 1. The molecule has 0 N–H and O–H groups in total. The molecule has 0 amide bonds. The van der Waals surface area contributed by atoms with E-state index in [4.69, 9.17) is 9.47 Å². The smallest absolute Gasteiger partial charge is 0.165 e. The Bertz CT molecular complexity index is 1060. The summed E-state index contributed by atoms with van der Waals surface area (Å²) in [6, 6.07) is 20.9. The van der Waals surface area contributed by atoms with Crippen LogP contribution in [0.15, 0.2) is 66.7 Å². The zero-order chi connectivity index (χ0) is 23.3. The number of hydrogen-bond donors (Lipinski definition) is 0. The zero-order valence-corrected chi connectivity index (χ0v) is 19.3. The summed E-state index contributed by atoms with van der Waals surface area (Å²) in [5.41, 5.74) is 4.17. The molecule has 3 aromatic rings. The maximum atomic E-state index is 14.2. The molecule has 3 aromatic carbocycles. The Labute approximate surface area is 195 Å². The summed E-state index contributed by atoms with van der Waals surface area (Å²) in [5.74, 6) is -0.251. The fraction of sp³-hybridized carbons (Fsp3) is 0.357. The number of alkyl halides is 1. The van der Waals surface area contributed by atoms with Crippen molar-refractivity contribution in [2.75, 3.05) is 33.9 Å². The molecule has 1 aliphatic heterocycles. The first kappa shape index (κ1) is 23.4. The molecule has 0 aromatic heterocycles. The number of ether oxygens (including phenoxy) is 2. The molecule has 0 atom stereocenters. The third-order valence-corrected chi connectivity index (χ3v) is 6.67. The Hall–Kier alpha value is -2.76. The molecule has 3 nitrogen and oxygen atoms in total. The largest absolute Gasteiger partial charge is 0.494 e. The van der Waals surface area contributed by atoms with Crippen LogP contribution in [0.1, 0.15) is 29.5 Å². The first-order valence-corrected chi connectivity index (χ1v) is 11.4. The van der Waals surface area contributed by atoms with Crippen LogP contribution in [0.3, 0.4) is 0 Å². The van der Waals surface area contributed by atoms with Crippen LogP contribution in [0, 0.1) is 5.82 Å². The van der Waals surface area contributed by atoms with E-state index in [1.165, 1.54) is 18.7 Å². The summed E-state index contributed by atoms with van der Waals surface area (Å²) >= 11 is 0. The Morgan fingerprint density at radius 1 is 0.909 bits per heavy atom. The lowest BCUT2D eigenvalue weighted by Crippen LogP contribution is -2.43. The molecular weight excluding hydrogens is 420 g/mol. The van der Waals surface area contributed by atoms with Crippen LogP contribution in [0.2, 0.25) is 0 Å². The second-order valence-corrected chi connectivity index (χ2v) is 8.96. The number of benzene rings is 3. The minimum Gasteiger partial charge on any atom is -0.494 e. The molecule has 5 heteroatoms. The van der Waals surface area contributed by atoms with Crippen LogP contribution in [0.4, 0.5) is 8.78 Å². The summed E-state index contributed by atoms with van der Waals surface area (Å²) in [6.45, 7) is 2.46. The minimum absolute atomic E-state index is 0.0204. The van der Waals surface area contributed by atoms with Crippen LogP contribution in [0.5, 0.6) is 5.75 Å². The molecule has 4 rings (SSSR count). The molecule has 0 saturated carbocycles. The van der Waals surface area contributed by atoms with Gasteiger partial charge in [0.25, 0.3) is 0 Å². The normalized spacial score (nSPS) is 16.0. The highest BCUT2D eigenvalue weighted by molar-refractivity contribution is 5.66. The van der Waals surface area contributed by atoms with E-state index in [2.05, 4.69) is 36.2 Å². The summed E-state index contributed by atoms with van der Waals surface area (Å²) in [6.07, 6.45) is 2.07. The lowest BCUT2D eigenvalue weighted by Gasteiger charge is -2.41. The summed E-state index contributed by atoms with van der Waals surface area (Å²) < 4.78 is 39.1. The van der Waals surface area contributed by atoms with E-state index in [0.717, 1.165) is 37.1 Å². The SMILES string of the molecule is COc1ccc(-c2cc(CF)cc(COCC3(c4ccccc4)CCN(C)CC3)c2)cc1F. The summed E-state index contributed by atoms with van der Waals surface area (Å²) in [4.78, 5) is 2.35. The molecule has 1 fully saturated rings. The van der Waals surface area contributed by atoms with Crippen molar-refractivity contribution >= 4 is 0 Å². The second kappa shape index (κ2) is 10.4. The first-order valence-electron chi connectivity index (χ1n) is 11.4. The van der Waals surface area contributed by atoms with Crippen molar-refractivity contribution in [3.8, 4) is 16.9 Å². The number of hydrogen-bond acceptors (Lipinski definition) is 3. The molecule has 0 spiro atoms. The highest BCUT2D eigenvalue weighted by Gasteiger charge is 2.35. The van der Waals surface area contributed by atoms with E-state index in [1.807, 2.05) is 18.2 Å². The Morgan fingerprint density at radius 2 is 1.64 bits per heavy atom. The predicted octanol–water partition coefficient (Wildman–Crippen LogP) is 6.15. The minimum atomic E-state index is -0.584. The van der Waals surface area contributed by atoms with Crippen LogP contribution in [-0.2, 0) is 23.4 Å². The molecular formula is C28H31F2NO2. The van der Waals surface area contributed by atoms with Gasteiger partial charge in [0.2, 0.25) is 0 Å². The predicted molar refractivity (Wildman–Crippen MR) is 128 cm³/mol. The van der Waals surface area contributed by atoms with Crippen molar-refractivity contribution in [1.29, 1.82) is 0 Å². The lowest BCUT2D eigenvalue weighted by atomic mass is 9.73. The van der Waals surface area contributed by atoms with E-state index in [1.54, 1.807) is 18.2 Å². The van der Waals surface area contributed by atoms with Gasteiger partial charge in [-0.25, -0.2) is 8.78 Å². The van der Waals surface area contributed by atoms with Gasteiger partial charge in [0, 0.05) is 5.41 Å². The van der Waals surface area contributed by atoms with Crippen molar-refractivity contribution in [3.05, 3.63) is 89.2 Å². The van der Waals surface area contributed by atoms with E-state index in [-0.39, 0.29) is 11.2 Å². The van der Waals surface area contributed by atoms with Gasteiger partial charge in [-0.05, 0) is 85.1 Å². The van der Waals surface area contributed by atoms with Gasteiger partial charge >= 0.3 is 0 Å². The first-order chi connectivity index (χ1) is 16.0. The van der Waals surface area contributed by atoms with Gasteiger partial charge in [-0.15, -0.1) is 0 Å². The Morgan fingerprint density at radius 3 is 2.30 bits per heavy atom. The van der Waals surface area contributed by atoms with E-state index < -0.39 is 12.5 Å². The topological polar surface area (TPSA) is 21.7 Å². The monoisotopic (exact) mass is 451 g/mol. The van der Waals surface area contributed by atoms with Crippen LogP contribution < -0.4 is 4.74 Å². The zero-order valence-electron chi connectivity index (χ0n) is 19.3. The van der Waals surface area contributed by atoms with Crippen LogP contribution in [0.25, 0.3) is 11.1 Å². The van der Waals surface area contributed by atoms with Gasteiger partial charge in [0.1, 0.15) is 6.67 Å². The maximum Gasteiger partial charge on any atom is 0.165 e. The van der Waals surface area contributed by atoms with Gasteiger partial charge in [0.15, 0.2) is 11.6 Å². The second-order valence-electron chi connectivity index (χ2n) is 8.96. The van der Waals surface area contributed by atoms with Crippen LogP contribution in [-0.4, -0.2) is 38.8 Å². The Balaban J connectivity index is 1.53. The summed E-state index contributed by atoms with van der Waals surface area (Å²) in [5, 5.41) is 0. The van der Waals surface area contributed by atoms with Crippen molar-refractivity contribution < 1.29 is 18.3 Å². The van der Waals surface area contributed by atoms with Gasteiger partial charge in [-0.3, -0.25) is 0 Å². The fourth-order valence-corrected chi connectivity index (χ4v) is 4.65. The maximum absolute atomic E-state index is 14.2. The fourth-order valence-electron chi connectivity index (χ4n) is 4.65. The third-order valence-electron chi connectivity index (χ3n) is 6.67. The van der Waals surface area contributed by atoms with Gasteiger partial charge in [-0.1, -0.05) is 42.5 Å². The van der Waals surface area contributed by atoms with E-state index in [9.17, 15) is 8.78 Å². The van der Waals surface area contributed by atoms with Crippen molar-refractivity contribution in [2.24, 2.45) is 0 Å². The number of halogens is 2. The summed E-state index contributed by atoms with van der Waals surface area (Å²) in [7, 11) is 3.59. The molecule has 33 heavy (non-hydrogen) atoms. The highest BCUT2D eigenvalue weighted by Crippen LogP contribution is 2.36. The quantitative estimate of drug-likeness (QED) is 0.410. The molecule has 0 bridgehead atoms. The average molecular weight is 452 g/mol. The van der Waals surface area contributed by atoms with Crippen molar-refractivity contribution in [2.45, 2.75) is 31.5 Å². The molecule has 0 unspecified atom stereocenters. The molecule has 1 aliphatic rings. The van der Waals surface area contributed by atoms with Gasteiger partial charge < -0.3 is 14.4 Å². The molecule has 174 valence electrons. The Kier molecular flexibility index (Phi) is 7.41. The van der Waals surface area contributed by atoms with Gasteiger partial charge in [0.05, 0.1) is 20.3 Å². The van der Waals surface area contributed by atoms with Crippen LogP contribution >= 0.6 is 0 Å².